The van der Waals surface area contributed by atoms with Crippen molar-refractivity contribution in [2.24, 2.45) is 0 Å². The summed E-state index contributed by atoms with van der Waals surface area (Å²) in [6, 6.07) is 0.450. The number of ether oxygens (including phenoxy) is 1. The van der Waals surface area contributed by atoms with Crippen LogP contribution in [0.1, 0.15) is 26.7 Å². The molecule has 24 heavy (non-hydrogen) atoms. The quantitative estimate of drug-likeness (QED) is 0.734. The molecule has 0 radical (unpaired) electrons. The zero-order valence-corrected chi connectivity index (χ0v) is 15.0. The van der Waals surface area contributed by atoms with Gasteiger partial charge in [-0.2, -0.15) is 0 Å². The number of likely N-dealkylation sites (tertiary alicyclic amines) is 1. The van der Waals surface area contributed by atoms with E-state index in [0.717, 1.165) is 58.7 Å². The average molecular weight is 340 g/mol. The number of hydrogen-bond acceptors (Lipinski definition) is 5. The minimum atomic E-state index is -0.325. The lowest BCUT2D eigenvalue weighted by Crippen LogP contribution is -2.51. The van der Waals surface area contributed by atoms with Gasteiger partial charge < -0.3 is 25.0 Å². The summed E-state index contributed by atoms with van der Waals surface area (Å²) in [5.41, 5.74) is 0. The minimum Gasteiger partial charge on any atom is -0.390 e. The van der Waals surface area contributed by atoms with Gasteiger partial charge in [-0.1, -0.05) is 0 Å². The summed E-state index contributed by atoms with van der Waals surface area (Å²) in [5, 5.41) is 13.3. The molecule has 0 bridgehead atoms. The molecular weight excluding hydrogens is 308 g/mol. The molecule has 0 aromatic carbocycles. The van der Waals surface area contributed by atoms with E-state index in [1.54, 1.807) is 0 Å². The summed E-state index contributed by atoms with van der Waals surface area (Å²) in [6.45, 7) is 10.9. The van der Waals surface area contributed by atoms with Crippen LogP contribution in [0.15, 0.2) is 0 Å². The average Bonchev–Trinajstić information content (AvgIpc) is 2.93. The summed E-state index contributed by atoms with van der Waals surface area (Å²) >= 11 is 0. The van der Waals surface area contributed by atoms with Gasteiger partial charge in [0.1, 0.15) is 0 Å². The van der Waals surface area contributed by atoms with Crippen molar-refractivity contribution in [1.29, 1.82) is 0 Å². The number of carbonyl (C=O) groups is 1. The second-order valence-corrected chi connectivity index (χ2v) is 7.59. The first-order valence-electron chi connectivity index (χ1n) is 9.34. The number of nitrogens with zero attached hydrogens (tertiary/aromatic N) is 3. The van der Waals surface area contributed by atoms with Crippen LogP contribution in [0.25, 0.3) is 0 Å². The first-order chi connectivity index (χ1) is 11.5. The van der Waals surface area contributed by atoms with E-state index in [4.69, 9.17) is 4.74 Å². The summed E-state index contributed by atoms with van der Waals surface area (Å²) in [7, 11) is 0. The number of rotatable bonds is 5. The molecule has 3 heterocycles. The Hall–Kier alpha value is -0.890. The molecule has 3 aliphatic rings. The van der Waals surface area contributed by atoms with Crippen LogP contribution in [0.3, 0.4) is 0 Å². The van der Waals surface area contributed by atoms with Gasteiger partial charge in [0.05, 0.1) is 18.3 Å². The number of piperidine rings is 1. The first-order valence-corrected chi connectivity index (χ1v) is 9.34. The predicted molar refractivity (Wildman–Crippen MR) is 92.0 cm³/mol. The van der Waals surface area contributed by atoms with Crippen LogP contribution in [0.2, 0.25) is 0 Å². The molecule has 3 atom stereocenters. The summed E-state index contributed by atoms with van der Waals surface area (Å²) in [5.74, 6) is 0. The maximum atomic E-state index is 11.8. The molecule has 2 N–H and O–H groups in total. The highest BCUT2D eigenvalue weighted by Crippen LogP contribution is 2.19. The summed E-state index contributed by atoms with van der Waals surface area (Å²) < 4.78 is 5.75. The number of hydrogen-bond donors (Lipinski definition) is 2. The monoisotopic (exact) mass is 340 g/mol. The van der Waals surface area contributed by atoms with Gasteiger partial charge >= 0.3 is 6.03 Å². The number of carbonyl (C=O) groups excluding carboxylic acids is 1. The molecule has 2 amide bonds. The molecular formula is C17H32N4O3. The largest absolute Gasteiger partial charge is 0.390 e. The third kappa shape index (κ3) is 4.59. The molecule has 0 unspecified atom stereocenters. The highest BCUT2D eigenvalue weighted by molar-refractivity contribution is 5.76. The van der Waals surface area contributed by atoms with Crippen molar-refractivity contribution >= 4 is 6.03 Å². The molecule has 0 spiro atoms. The first kappa shape index (κ1) is 17.9. The van der Waals surface area contributed by atoms with Crippen molar-refractivity contribution in [2.75, 3.05) is 52.4 Å². The summed E-state index contributed by atoms with van der Waals surface area (Å²) in [4.78, 5) is 18.4. The molecule has 3 fully saturated rings. The molecule has 3 aliphatic heterocycles. The molecule has 3 rings (SSSR count). The van der Waals surface area contributed by atoms with Gasteiger partial charge in [-0.15, -0.1) is 0 Å². The van der Waals surface area contributed by atoms with Crippen molar-refractivity contribution in [3.63, 3.8) is 0 Å². The molecule has 0 saturated carbocycles. The van der Waals surface area contributed by atoms with Gasteiger partial charge in [-0.25, -0.2) is 4.79 Å². The topological polar surface area (TPSA) is 68.3 Å². The molecule has 0 aromatic rings. The second kappa shape index (κ2) is 7.99. The summed E-state index contributed by atoms with van der Waals surface area (Å²) in [6.07, 6.45) is 2.16. The van der Waals surface area contributed by atoms with Gasteiger partial charge in [-0.3, -0.25) is 4.90 Å². The van der Waals surface area contributed by atoms with Crippen LogP contribution in [-0.4, -0.2) is 103 Å². The lowest BCUT2D eigenvalue weighted by atomic mass is 10.0. The fourth-order valence-electron chi connectivity index (χ4n) is 4.34. The van der Waals surface area contributed by atoms with E-state index in [1.165, 1.54) is 0 Å². The lowest BCUT2D eigenvalue weighted by Gasteiger charge is -2.39. The molecule has 7 nitrogen and oxygen atoms in total. The number of amides is 2. The van der Waals surface area contributed by atoms with Gasteiger partial charge in [0.25, 0.3) is 0 Å². The molecule has 3 saturated heterocycles. The second-order valence-electron chi connectivity index (χ2n) is 7.59. The van der Waals surface area contributed by atoms with Gasteiger partial charge in [0.15, 0.2) is 0 Å². The number of aliphatic hydroxyl groups is 1. The lowest BCUT2D eigenvalue weighted by molar-refractivity contribution is -0.0784. The molecule has 7 heteroatoms. The fraction of sp³-hybridized carbons (Fsp3) is 0.941. The molecule has 138 valence electrons. The Kier molecular flexibility index (Phi) is 5.97. The predicted octanol–water partition coefficient (Wildman–Crippen LogP) is -0.0539. The Morgan fingerprint density at radius 1 is 1.12 bits per heavy atom. The maximum Gasteiger partial charge on any atom is 0.317 e. The van der Waals surface area contributed by atoms with Crippen molar-refractivity contribution in [2.45, 2.75) is 51.0 Å². The third-order valence-electron chi connectivity index (χ3n) is 5.32. The van der Waals surface area contributed by atoms with Gasteiger partial charge in [0, 0.05) is 58.4 Å². The third-order valence-corrected chi connectivity index (χ3v) is 5.32. The van der Waals surface area contributed by atoms with E-state index in [9.17, 15) is 9.90 Å². The fourth-order valence-corrected chi connectivity index (χ4v) is 4.34. The zero-order valence-electron chi connectivity index (χ0n) is 15.0. The van der Waals surface area contributed by atoms with Crippen LogP contribution in [0.4, 0.5) is 4.79 Å². The molecule has 0 aromatic heterocycles. The maximum absolute atomic E-state index is 11.8. The van der Waals surface area contributed by atoms with Crippen LogP contribution in [0, 0.1) is 0 Å². The Labute approximate surface area is 144 Å². The Bertz CT molecular complexity index is 418. The molecule has 0 aliphatic carbocycles. The minimum absolute atomic E-state index is 0.0871. The van der Waals surface area contributed by atoms with Crippen LogP contribution in [0.5, 0.6) is 0 Å². The highest BCUT2D eigenvalue weighted by atomic mass is 16.5. The highest BCUT2D eigenvalue weighted by Gasteiger charge is 2.31. The van der Waals surface area contributed by atoms with E-state index in [2.05, 4.69) is 29.0 Å². The van der Waals surface area contributed by atoms with Gasteiger partial charge in [-0.05, 0) is 26.7 Å². The van der Waals surface area contributed by atoms with Crippen LogP contribution >= 0.6 is 0 Å². The van der Waals surface area contributed by atoms with Gasteiger partial charge in [0.2, 0.25) is 0 Å². The number of aliphatic hydroxyl groups excluding tert-OH is 1. The SMILES string of the molecule is C[C@@H]1CN(C[C@H](O)CN2CCC(N3CCNC3=O)CC2)C[C@@H](C)O1. The van der Waals surface area contributed by atoms with E-state index >= 15 is 0 Å². The Morgan fingerprint density at radius 3 is 2.33 bits per heavy atom. The van der Waals surface area contributed by atoms with E-state index in [1.807, 2.05) is 4.90 Å². The van der Waals surface area contributed by atoms with E-state index < -0.39 is 0 Å². The number of urea groups is 1. The van der Waals surface area contributed by atoms with Crippen molar-refractivity contribution in [3.8, 4) is 0 Å². The number of morpholine rings is 1. The van der Waals surface area contributed by atoms with Crippen LogP contribution in [-0.2, 0) is 4.74 Å². The normalized spacial score (nSPS) is 32.1. The zero-order chi connectivity index (χ0) is 17.1. The Morgan fingerprint density at radius 2 is 1.75 bits per heavy atom. The van der Waals surface area contributed by atoms with Crippen molar-refractivity contribution in [3.05, 3.63) is 0 Å². The standard InChI is InChI=1S/C17H32N4O3/c1-13-9-20(10-14(2)24-13)12-16(22)11-19-6-3-15(4-7-19)21-8-5-18-17(21)23/h13-16,22H,3-12H2,1-2H3,(H,18,23)/t13-,14-,16-/m1/s1. The van der Waals surface area contributed by atoms with E-state index in [0.29, 0.717) is 12.6 Å². The van der Waals surface area contributed by atoms with E-state index in [-0.39, 0.29) is 24.3 Å². The number of β-amino-alcohol motifs (C(OH)–C–C–N with tert-alkyl or cyclic N) is 1. The van der Waals surface area contributed by atoms with Crippen molar-refractivity contribution < 1.29 is 14.6 Å². The number of nitrogens with one attached hydrogen (secondary N) is 1. The smallest absolute Gasteiger partial charge is 0.317 e. The van der Waals surface area contributed by atoms with Crippen LogP contribution < -0.4 is 5.32 Å². The Balaban J connectivity index is 1.38. The van der Waals surface area contributed by atoms with Crippen molar-refractivity contribution in [1.82, 2.24) is 20.0 Å².